The first kappa shape index (κ1) is 21.0. The quantitative estimate of drug-likeness (QED) is 0.250. The summed E-state index contributed by atoms with van der Waals surface area (Å²) in [5, 5.41) is 1.46. The normalized spacial score (nSPS) is 17.7. The molecule has 2 atom stereocenters. The van der Waals surface area contributed by atoms with E-state index in [4.69, 9.17) is 22.8 Å². The fraction of sp³-hybridized carbons (Fsp3) is 1.00. The Labute approximate surface area is 140 Å². The molecule has 0 aromatic rings. The lowest BCUT2D eigenvalue weighted by atomic mass is 10.7. The van der Waals surface area contributed by atoms with Gasteiger partial charge < -0.3 is 22.8 Å². The van der Waals surface area contributed by atoms with Crippen LogP contribution in [0.15, 0.2) is 0 Å². The third-order valence-electron chi connectivity index (χ3n) is 2.29. The highest BCUT2D eigenvalue weighted by Crippen LogP contribution is 2.22. The first-order valence-electron chi connectivity index (χ1n) is 6.88. The van der Waals surface area contributed by atoms with Gasteiger partial charge in [-0.15, -0.1) is 0 Å². The molecule has 0 saturated carbocycles. The van der Waals surface area contributed by atoms with E-state index in [1.807, 2.05) is 27.7 Å². The number of rotatable bonds is 13. The van der Waals surface area contributed by atoms with E-state index in [2.05, 4.69) is 31.9 Å². The van der Waals surface area contributed by atoms with Gasteiger partial charge in [-0.3, -0.25) is 0 Å². The molecule has 0 fully saturated rings. The van der Waals surface area contributed by atoms with Gasteiger partial charge in [0.1, 0.15) is 12.6 Å². The Bertz CT molecular complexity index is 222. The molecule has 0 rings (SSSR count). The second kappa shape index (κ2) is 12.5. The van der Waals surface area contributed by atoms with Crippen molar-refractivity contribution >= 4 is 40.7 Å². The van der Waals surface area contributed by atoms with Crippen LogP contribution in [-0.2, 0) is 22.8 Å². The Kier molecular flexibility index (Phi) is 13.1. The molecule has 0 aromatic heterocycles. The van der Waals surface area contributed by atoms with Crippen molar-refractivity contribution in [2.75, 3.05) is 30.5 Å². The van der Waals surface area contributed by atoms with Crippen LogP contribution < -0.4 is 0 Å². The molecule has 0 saturated heterocycles. The molecule has 0 bridgehead atoms. The molecule has 8 heteroatoms. The van der Waals surface area contributed by atoms with Gasteiger partial charge in [0.15, 0.2) is 0 Å². The van der Waals surface area contributed by atoms with E-state index in [1.54, 1.807) is 0 Å². The Hall–Kier alpha value is 0.977. The Morgan fingerprint density at radius 2 is 1.40 bits per heavy atom. The summed E-state index contributed by atoms with van der Waals surface area (Å²) in [4.78, 5) is 0. The van der Waals surface area contributed by atoms with E-state index in [0.29, 0.717) is 25.9 Å². The number of ether oxygens (including phenoxy) is 2. The van der Waals surface area contributed by atoms with Crippen LogP contribution in [0.4, 0.5) is 0 Å². The maximum absolute atomic E-state index is 5.98. The van der Waals surface area contributed by atoms with Gasteiger partial charge in [0.2, 0.25) is 0 Å². The lowest BCUT2D eigenvalue weighted by molar-refractivity contribution is -0.145. The summed E-state index contributed by atoms with van der Waals surface area (Å²) in [6.45, 7) is 9.25. The monoisotopic (exact) mass is 436 g/mol. The molecule has 0 heterocycles. The molecule has 0 aliphatic carbocycles. The Morgan fingerprint density at radius 1 is 0.900 bits per heavy atom. The first-order valence-corrected chi connectivity index (χ1v) is 11.1. The fourth-order valence-corrected chi connectivity index (χ4v) is 5.92. The minimum absolute atomic E-state index is 0.366. The second-order valence-corrected chi connectivity index (χ2v) is 8.15. The standard InChI is InChI=1S/C12H26Br2O5Si/c1-5-15-11(3)18-20(10-8-14,17-9-7-13)19-12(4)16-6-2/h11-12H,5-10H2,1-4H3. The molecule has 0 radical (unpaired) electrons. The van der Waals surface area contributed by atoms with Gasteiger partial charge in [0.05, 0.1) is 0 Å². The van der Waals surface area contributed by atoms with Gasteiger partial charge in [-0.1, -0.05) is 31.9 Å². The van der Waals surface area contributed by atoms with Crippen molar-refractivity contribution in [3.63, 3.8) is 0 Å². The zero-order chi connectivity index (χ0) is 15.4. The predicted octanol–water partition coefficient (Wildman–Crippen LogP) is 3.53. The Morgan fingerprint density at radius 3 is 1.75 bits per heavy atom. The van der Waals surface area contributed by atoms with Crippen molar-refractivity contribution in [1.29, 1.82) is 0 Å². The van der Waals surface area contributed by atoms with Gasteiger partial charge in [-0.05, 0) is 27.7 Å². The van der Waals surface area contributed by atoms with E-state index >= 15 is 0 Å². The minimum Gasteiger partial charge on any atom is -0.372 e. The molecular formula is C12H26Br2O5Si. The van der Waals surface area contributed by atoms with Crippen molar-refractivity contribution in [3.8, 4) is 0 Å². The van der Waals surface area contributed by atoms with E-state index in [-0.39, 0.29) is 12.6 Å². The molecule has 0 aromatic carbocycles. The van der Waals surface area contributed by atoms with Crippen molar-refractivity contribution in [3.05, 3.63) is 0 Å². The molecule has 5 nitrogen and oxygen atoms in total. The molecule has 0 spiro atoms. The lowest BCUT2D eigenvalue weighted by Gasteiger charge is -2.33. The van der Waals surface area contributed by atoms with E-state index < -0.39 is 8.80 Å². The highest BCUT2D eigenvalue weighted by Gasteiger charge is 2.44. The van der Waals surface area contributed by atoms with Crippen LogP contribution in [-0.4, -0.2) is 51.9 Å². The van der Waals surface area contributed by atoms with Gasteiger partial charge in [-0.2, -0.15) is 0 Å². The highest BCUT2D eigenvalue weighted by molar-refractivity contribution is 9.09. The summed E-state index contributed by atoms with van der Waals surface area (Å²) in [6.07, 6.45) is -0.732. The maximum Gasteiger partial charge on any atom is 0.505 e. The fourth-order valence-electron chi connectivity index (χ4n) is 1.64. The van der Waals surface area contributed by atoms with Crippen LogP contribution in [0.5, 0.6) is 0 Å². The minimum atomic E-state index is -2.84. The molecular weight excluding hydrogens is 412 g/mol. The van der Waals surface area contributed by atoms with E-state index in [9.17, 15) is 0 Å². The third kappa shape index (κ3) is 9.09. The lowest BCUT2D eigenvalue weighted by Crippen LogP contribution is -2.51. The zero-order valence-corrected chi connectivity index (χ0v) is 16.9. The molecule has 0 aliphatic heterocycles. The summed E-state index contributed by atoms with van der Waals surface area (Å²) >= 11 is 6.80. The highest BCUT2D eigenvalue weighted by atomic mass is 79.9. The zero-order valence-electron chi connectivity index (χ0n) is 12.7. The summed E-state index contributed by atoms with van der Waals surface area (Å²) in [5.74, 6) is 0. The molecule has 0 amide bonds. The SMILES string of the molecule is CCOC(C)O[Si](CCBr)(OCCBr)OC(C)OCC. The summed E-state index contributed by atoms with van der Waals surface area (Å²) in [7, 11) is -2.84. The van der Waals surface area contributed by atoms with Crippen molar-refractivity contribution < 1.29 is 22.8 Å². The van der Waals surface area contributed by atoms with Crippen molar-refractivity contribution in [2.45, 2.75) is 46.3 Å². The first-order chi connectivity index (χ1) is 9.53. The van der Waals surface area contributed by atoms with Gasteiger partial charge >= 0.3 is 8.80 Å². The topological polar surface area (TPSA) is 46.2 Å². The smallest absolute Gasteiger partial charge is 0.372 e. The number of hydrogen-bond donors (Lipinski definition) is 0. The molecule has 122 valence electrons. The van der Waals surface area contributed by atoms with Crippen molar-refractivity contribution in [1.82, 2.24) is 0 Å². The van der Waals surface area contributed by atoms with Crippen LogP contribution in [0.25, 0.3) is 0 Å². The average Bonchev–Trinajstić information content (AvgIpc) is 2.37. The van der Waals surface area contributed by atoms with Crippen LogP contribution in [0.1, 0.15) is 27.7 Å². The van der Waals surface area contributed by atoms with E-state index in [1.165, 1.54) is 0 Å². The van der Waals surface area contributed by atoms with Gasteiger partial charge in [-0.25, -0.2) is 0 Å². The summed E-state index contributed by atoms with van der Waals surface area (Å²) in [6, 6.07) is 0.662. The largest absolute Gasteiger partial charge is 0.505 e. The van der Waals surface area contributed by atoms with Gasteiger partial charge in [0.25, 0.3) is 0 Å². The second-order valence-electron chi connectivity index (χ2n) is 3.94. The van der Waals surface area contributed by atoms with E-state index in [0.717, 1.165) is 10.7 Å². The predicted molar refractivity (Wildman–Crippen MR) is 88.4 cm³/mol. The number of halogens is 2. The molecule has 0 aliphatic rings. The summed E-state index contributed by atoms with van der Waals surface area (Å²) in [5.41, 5.74) is 0. The molecule has 0 N–H and O–H groups in total. The summed E-state index contributed by atoms with van der Waals surface area (Å²) < 4.78 is 28.8. The number of alkyl halides is 2. The Balaban J connectivity index is 4.81. The third-order valence-corrected chi connectivity index (χ3v) is 6.63. The van der Waals surface area contributed by atoms with Crippen LogP contribution in [0, 0.1) is 0 Å². The van der Waals surface area contributed by atoms with Crippen LogP contribution in [0.2, 0.25) is 6.04 Å². The van der Waals surface area contributed by atoms with Crippen LogP contribution in [0.3, 0.4) is 0 Å². The molecule has 2 unspecified atom stereocenters. The van der Waals surface area contributed by atoms with Crippen LogP contribution >= 0.6 is 31.9 Å². The number of hydrogen-bond acceptors (Lipinski definition) is 5. The van der Waals surface area contributed by atoms with Crippen molar-refractivity contribution in [2.24, 2.45) is 0 Å². The average molecular weight is 438 g/mol. The molecule has 20 heavy (non-hydrogen) atoms. The van der Waals surface area contributed by atoms with Gasteiger partial charge in [0, 0.05) is 36.5 Å². The maximum atomic E-state index is 5.98.